The Morgan fingerprint density at radius 2 is 1.44 bits per heavy atom. The number of aromatic nitrogens is 2. The molecule has 0 N–H and O–H groups in total. The normalized spacial score (nSPS) is 17.8. The Labute approximate surface area is 148 Å². The summed E-state index contributed by atoms with van der Waals surface area (Å²) >= 11 is 0. The first-order valence-electron chi connectivity index (χ1n) is 7.35. The first-order valence-corrected chi connectivity index (χ1v) is 7.35. The molecule has 0 spiro atoms. The number of nitrogens with zero attached hydrogens (tertiary/aromatic N) is 6. The molecule has 27 heavy (non-hydrogen) atoms. The second-order valence-electron chi connectivity index (χ2n) is 5.49. The minimum absolute atomic E-state index is 0.0330. The molecule has 0 saturated heterocycles. The van der Waals surface area contributed by atoms with Gasteiger partial charge in [-0.1, -0.05) is 0 Å². The molecule has 3 heterocycles. The van der Waals surface area contributed by atoms with Gasteiger partial charge in [-0.25, -0.2) is 0 Å². The average molecular weight is 388 g/mol. The summed E-state index contributed by atoms with van der Waals surface area (Å²) in [6.45, 7) is 0. The Kier molecular flexibility index (Phi) is 4.57. The lowest BCUT2D eigenvalue weighted by Crippen LogP contribution is -2.24. The molecule has 3 rings (SSSR count). The van der Waals surface area contributed by atoms with E-state index in [2.05, 4.69) is 25.3 Å². The lowest BCUT2D eigenvalue weighted by Gasteiger charge is -2.24. The number of halogens is 6. The van der Waals surface area contributed by atoms with Crippen molar-refractivity contribution in [2.75, 3.05) is 7.05 Å². The molecule has 0 saturated carbocycles. The average Bonchev–Trinajstić information content (AvgIpc) is 2.60. The predicted octanol–water partition coefficient (Wildman–Crippen LogP) is 4.27. The SMILES string of the molecule is CN1N=C(c2ccc(C(F)(F)F)cn2)N=N[C@@H]1c1ccc(C(F)(F)F)cn1. The Balaban J connectivity index is 1.79. The third kappa shape index (κ3) is 4.04. The van der Waals surface area contributed by atoms with Crippen molar-refractivity contribution >= 4 is 5.84 Å². The van der Waals surface area contributed by atoms with Gasteiger partial charge in [0.05, 0.1) is 16.8 Å². The molecule has 0 aromatic carbocycles. The zero-order valence-corrected chi connectivity index (χ0v) is 13.5. The maximum Gasteiger partial charge on any atom is 0.417 e. The predicted molar refractivity (Wildman–Crippen MR) is 80.4 cm³/mol. The van der Waals surface area contributed by atoms with Crippen molar-refractivity contribution in [1.82, 2.24) is 15.0 Å². The van der Waals surface area contributed by atoms with Crippen LogP contribution in [0.2, 0.25) is 0 Å². The van der Waals surface area contributed by atoms with E-state index in [4.69, 9.17) is 0 Å². The Bertz CT molecular complexity index is 870. The molecule has 0 bridgehead atoms. The minimum Gasteiger partial charge on any atom is -0.266 e. The molecule has 0 radical (unpaired) electrons. The number of hydrazone groups is 1. The van der Waals surface area contributed by atoms with E-state index in [0.717, 1.165) is 24.3 Å². The summed E-state index contributed by atoms with van der Waals surface area (Å²) in [6, 6.07) is 3.96. The van der Waals surface area contributed by atoms with Crippen molar-refractivity contribution in [3.8, 4) is 0 Å². The first kappa shape index (κ1) is 18.7. The van der Waals surface area contributed by atoms with Gasteiger partial charge >= 0.3 is 12.4 Å². The van der Waals surface area contributed by atoms with E-state index in [-0.39, 0.29) is 17.2 Å². The van der Waals surface area contributed by atoms with E-state index in [9.17, 15) is 26.3 Å². The number of alkyl halides is 6. The zero-order chi connectivity index (χ0) is 19.8. The van der Waals surface area contributed by atoms with Crippen molar-refractivity contribution in [2.45, 2.75) is 18.5 Å². The van der Waals surface area contributed by atoms with Crippen LogP contribution in [0.4, 0.5) is 26.3 Å². The van der Waals surface area contributed by atoms with Crippen LogP contribution in [-0.4, -0.2) is 27.9 Å². The Morgan fingerprint density at radius 3 is 1.89 bits per heavy atom. The highest BCUT2D eigenvalue weighted by Crippen LogP contribution is 2.31. The van der Waals surface area contributed by atoms with Gasteiger partial charge < -0.3 is 0 Å². The Morgan fingerprint density at radius 1 is 0.852 bits per heavy atom. The molecule has 0 aliphatic carbocycles. The number of amidine groups is 1. The van der Waals surface area contributed by atoms with Gasteiger partial charge in [-0.3, -0.25) is 15.0 Å². The molecule has 0 fully saturated rings. The Hall–Kier alpha value is -3.05. The zero-order valence-electron chi connectivity index (χ0n) is 13.5. The molecule has 0 amide bonds. The van der Waals surface area contributed by atoms with Crippen molar-refractivity contribution in [3.05, 3.63) is 59.2 Å². The van der Waals surface area contributed by atoms with Gasteiger partial charge in [0.15, 0.2) is 6.17 Å². The number of hydrogen-bond acceptors (Lipinski definition) is 6. The molecule has 2 aromatic heterocycles. The highest BCUT2D eigenvalue weighted by atomic mass is 19.4. The molecule has 1 atom stereocenters. The first-order chi connectivity index (χ1) is 12.6. The molecule has 12 heteroatoms. The number of pyridine rings is 2. The fourth-order valence-corrected chi connectivity index (χ4v) is 2.18. The van der Waals surface area contributed by atoms with Gasteiger partial charge in [0.2, 0.25) is 5.84 Å². The van der Waals surface area contributed by atoms with Gasteiger partial charge in [-0.15, -0.1) is 5.11 Å². The van der Waals surface area contributed by atoms with Crippen molar-refractivity contribution in [3.63, 3.8) is 0 Å². The van der Waals surface area contributed by atoms with E-state index in [1.165, 1.54) is 12.1 Å². The van der Waals surface area contributed by atoms with Gasteiger partial charge in [0.1, 0.15) is 5.69 Å². The number of hydrogen-bond donors (Lipinski definition) is 0. The second-order valence-corrected chi connectivity index (χ2v) is 5.49. The van der Waals surface area contributed by atoms with Crippen LogP contribution in [0, 0.1) is 0 Å². The van der Waals surface area contributed by atoms with Crippen molar-refractivity contribution in [1.29, 1.82) is 0 Å². The van der Waals surface area contributed by atoms with Crippen LogP contribution >= 0.6 is 0 Å². The lowest BCUT2D eigenvalue weighted by atomic mass is 10.2. The molecular weight excluding hydrogens is 378 g/mol. The van der Waals surface area contributed by atoms with Crippen LogP contribution in [-0.2, 0) is 12.4 Å². The van der Waals surface area contributed by atoms with Gasteiger partial charge in [0.25, 0.3) is 0 Å². The van der Waals surface area contributed by atoms with Gasteiger partial charge in [-0.05, 0) is 24.3 Å². The van der Waals surface area contributed by atoms with Crippen LogP contribution < -0.4 is 0 Å². The molecule has 1 aliphatic heterocycles. The van der Waals surface area contributed by atoms with Crippen LogP contribution in [0.1, 0.15) is 28.7 Å². The largest absolute Gasteiger partial charge is 0.417 e. The fourth-order valence-electron chi connectivity index (χ4n) is 2.18. The smallest absolute Gasteiger partial charge is 0.266 e. The molecule has 1 aliphatic rings. The number of rotatable bonds is 2. The molecule has 2 aromatic rings. The highest BCUT2D eigenvalue weighted by molar-refractivity contribution is 5.97. The van der Waals surface area contributed by atoms with Crippen LogP contribution in [0.5, 0.6) is 0 Å². The topological polar surface area (TPSA) is 66.1 Å². The summed E-state index contributed by atoms with van der Waals surface area (Å²) in [5.74, 6) is -0.0330. The molecule has 0 unspecified atom stereocenters. The summed E-state index contributed by atoms with van der Waals surface area (Å²) in [5, 5.41) is 13.0. The second kappa shape index (κ2) is 6.59. The minimum atomic E-state index is -4.52. The number of azo groups is 1. The fraction of sp³-hybridized carbons (Fsp3) is 0.267. The maximum atomic E-state index is 12.6. The monoisotopic (exact) mass is 388 g/mol. The van der Waals surface area contributed by atoms with Crippen LogP contribution in [0.15, 0.2) is 52.0 Å². The molecular formula is C15H10F6N6. The molecule has 142 valence electrons. The van der Waals surface area contributed by atoms with E-state index >= 15 is 0 Å². The summed E-state index contributed by atoms with van der Waals surface area (Å²) in [7, 11) is 1.48. The van der Waals surface area contributed by atoms with E-state index < -0.39 is 29.6 Å². The van der Waals surface area contributed by atoms with Crippen LogP contribution in [0.25, 0.3) is 0 Å². The highest BCUT2D eigenvalue weighted by Gasteiger charge is 2.32. The summed E-state index contributed by atoms with van der Waals surface area (Å²) < 4.78 is 75.5. The standard InChI is InChI=1S/C15H10F6N6/c1-27-13(11-5-3-9(7-23-11)15(19,20)21)25-24-12(26-27)10-4-2-8(6-22-10)14(16,17)18/h2-7,13H,1H3/t13-/m0/s1. The van der Waals surface area contributed by atoms with Crippen molar-refractivity contribution in [2.24, 2.45) is 15.3 Å². The lowest BCUT2D eigenvalue weighted by molar-refractivity contribution is -0.138. The van der Waals surface area contributed by atoms with Gasteiger partial charge in [0, 0.05) is 19.4 Å². The summed E-state index contributed by atoms with van der Waals surface area (Å²) in [4.78, 5) is 7.40. The van der Waals surface area contributed by atoms with E-state index in [1.54, 1.807) is 0 Å². The van der Waals surface area contributed by atoms with E-state index in [1.807, 2.05) is 0 Å². The quantitative estimate of drug-likeness (QED) is 0.722. The third-order valence-corrected chi connectivity index (χ3v) is 3.57. The molecule has 6 nitrogen and oxygen atoms in total. The van der Waals surface area contributed by atoms with Crippen LogP contribution in [0.3, 0.4) is 0 Å². The van der Waals surface area contributed by atoms with Crippen molar-refractivity contribution < 1.29 is 26.3 Å². The summed E-state index contributed by atoms with van der Waals surface area (Å²) in [6.07, 6.45) is -8.57. The third-order valence-electron chi connectivity index (χ3n) is 3.57. The van der Waals surface area contributed by atoms with E-state index in [0.29, 0.717) is 12.4 Å². The maximum absolute atomic E-state index is 12.6. The van der Waals surface area contributed by atoms with Gasteiger partial charge in [-0.2, -0.15) is 36.6 Å². The summed E-state index contributed by atoms with van der Waals surface area (Å²) in [5.41, 5.74) is -1.57.